The minimum atomic E-state index is 0.386. The summed E-state index contributed by atoms with van der Waals surface area (Å²) >= 11 is 0. The van der Waals surface area contributed by atoms with E-state index in [9.17, 15) is 0 Å². The average molecular weight is 219 g/mol. The van der Waals surface area contributed by atoms with Crippen LogP contribution in [0.15, 0.2) is 24.3 Å². The van der Waals surface area contributed by atoms with Crippen molar-refractivity contribution in [2.24, 2.45) is 11.5 Å². The van der Waals surface area contributed by atoms with Gasteiger partial charge in [0.2, 0.25) is 0 Å². The lowest BCUT2D eigenvalue weighted by Gasteiger charge is -2.36. The van der Waals surface area contributed by atoms with Crippen molar-refractivity contribution in [3.8, 4) is 0 Å². The highest BCUT2D eigenvalue weighted by Crippen LogP contribution is 2.28. The summed E-state index contributed by atoms with van der Waals surface area (Å²) in [5, 5.41) is 0. The first-order chi connectivity index (χ1) is 7.86. The molecule has 0 bridgehead atoms. The number of rotatable bonds is 4. The van der Waals surface area contributed by atoms with Gasteiger partial charge in [-0.15, -0.1) is 0 Å². The molecular weight excluding hydrogens is 198 g/mol. The fourth-order valence-corrected chi connectivity index (χ4v) is 2.54. The quantitative estimate of drug-likeness (QED) is 0.791. The van der Waals surface area contributed by atoms with Crippen LogP contribution in [0.3, 0.4) is 0 Å². The number of fused-ring (bicyclic) bond motifs is 1. The van der Waals surface area contributed by atoms with Gasteiger partial charge in [0, 0.05) is 25.7 Å². The molecule has 1 aromatic carbocycles. The highest BCUT2D eigenvalue weighted by atomic mass is 15.2. The van der Waals surface area contributed by atoms with E-state index < -0.39 is 0 Å². The Balaban J connectivity index is 2.16. The molecule has 1 unspecified atom stereocenters. The first-order valence-corrected chi connectivity index (χ1v) is 6.08. The van der Waals surface area contributed by atoms with Crippen molar-refractivity contribution in [2.45, 2.75) is 18.9 Å². The topological polar surface area (TPSA) is 55.3 Å². The van der Waals surface area contributed by atoms with Crippen LogP contribution >= 0.6 is 0 Å². The summed E-state index contributed by atoms with van der Waals surface area (Å²) in [5.74, 6) is 0. The maximum absolute atomic E-state index is 5.91. The van der Waals surface area contributed by atoms with Gasteiger partial charge >= 0.3 is 0 Å². The molecule has 0 aromatic heterocycles. The molecule has 88 valence electrons. The molecule has 0 amide bonds. The first kappa shape index (κ1) is 11.6. The van der Waals surface area contributed by atoms with Crippen LogP contribution in [0.2, 0.25) is 0 Å². The van der Waals surface area contributed by atoms with E-state index in [1.165, 1.54) is 11.1 Å². The summed E-state index contributed by atoms with van der Waals surface area (Å²) in [7, 11) is 0. The highest BCUT2D eigenvalue weighted by molar-refractivity contribution is 5.32. The number of hydrogen-bond acceptors (Lipinski definition) is 3. The molecule has 0 fully saturated rings. The van der Waals surface area contributed by atoms with Gasteiger partial charge in [-0.1, -0.05) is 24.3 Å². The second kappa shape index (κ2) is 5.43. The van der Waals surface area contributed by atoms with Crippen LogP contribution in [0.5, 0.6) is 0 Å². The molecule has 0 spiro atoms. The van der Waals surface area contributed by atoms with Crippen LogP contribution in [0.4, 0.5) is 0 Å². The predicted octanol–water partition coefficient (Wildman–Crippen LogP) is 0.893. The van der Waals surface area contributed by atoms with E-state index in [-0.39, 0.29) is 0 Å². The Hall–Kier alpha value is -0.900. The van der Waals surface area contributed by atoms with Crippen molar-refractivity contribution in [3.05, 3.63) is 35.4 Å². The molecule has 1 heterocycles. The standard InChI is InChI=1S/C13H21N3/c14-7-3-8-16-9-6-11-4-1-2-5-12(11)13(16)10-15/h1-2,4-5,13H,3,6-10,14-15H2. The van der Waals surface area contributed by atoms with E-state index in [4.69, 9.17) is 11.5 Å². The van der Waals surface area contributed by atoms with Gasteiger partial charge in [-0.25, -0.2) is 0 Å². The Bertz CT molecular complexity index is 338. The third-order valence-corrected chi connectivity index (χ3v) is 3.40. The van der Waals surface area contributed by atoms with Crippen LogP contribution in [0.1, 0.15) is 23.6 Å². The van der Waals surface area contributed by atoms with Gasteiger partial charge in [0.25, 0.3) is 0 Å². The maximum Gasteiger partial charge on any atom is 0.0473 e. The Morgan fingerprint density at radius 3 is 2.81 bits per heavy atom. The lowest BCUT2D eigenvalue weighted by Crippen LogP contribution is -2.40. The van der Waals surface area contributed by atoms with E-state index in [1.807, 2.05) is 0 Å². The van der Waals surface area contributed by atoms with E-state index in [0.717, 1.165) is 32.5 Å². The molecule has 1 aliphatic rings. The average Bonchev–Trinajstić information content (AvgIpc) is 2.35. The van der Waals surface area contributed by atoms with Crippen molar-refractivity contribution in [1.82, 2.24) is 4.90 Å². The smallest absolute Gasteiger partial charge is 0.0473 e. The number of nitrogens with zero attached hydrogens (tertiary/aromatic N) is 1. The summed E-state index contributed by atoms with van der Waals surface area (Å²) in [6.07, 6.45) is 2.19. The van der Waals surface area contributed by atoms with Crippen LogP contribution in [-0.2, 0) is 6.42 Å². The molecule has 0 saturated carbocycles. The van der Waals surface area contributed by atoms with E-state index in [1.54, 1.807) is 0 Å². The molecule has 0 aliphatic carbocycles. The fraction of sp³-hybridized carbons (Fsp3) is 0.538. The zero-order valence-corrected chi connectivity index (χ0v) is 9.73. The SMILES string of the molecule is NCCCN1CCc2ccccc2C1CN. The molecule has 2 rings (SSSR count). The Morgan fingerprint density at radius 1 is 1.25 bits per heavy atom. The minimum Gasteiger partial charge on any atom is -0.330 e. The van der Waals surface area contributed by atoms with E-state index in [2.05, 4.69) is 29.2 Å². The van der Waals surface area contributed by atoms with E-state index >= 15 is 0 Å². The fourth-order valence-electron chi connectivity index (χ4n) is 2.54. The molecule has 1 aromatic rings. The van der Waals surface area contributed by atoms with Gasteiger partial charge < -0.3 is 11.5 Å². The summed E-state index contributed by atoms with van der Waals surface area (Å²) in [6.45, 7) is 3.63. The van der Waals surface area contributed by atoms with Gasteiger partial charge in [0.15, 0.2) is 0 Å². The molecule has 0 radical (unpaired) electrons. The summed E-state index contributed by atoms with van der Waals surface area (Å²) in [6, 6.07) is 9.03. The van der Waals surface area contributed by atoms with Gasteiger partial charge in [0.05, 0.1) is 0 Å². The highest BCUT2D eigenvalue weighted by Gasteiger charge is 2.24. The minimum absolute atomic E-state index is 0.386. The van der Waals surface area contributed by atoms with Crippen LogP contribution in [0.25, 0.3) is 0 Å². The summed E-state index contributed by atoms with van der Waals surface area (Å²) in [5.41, 5.74) is 14.3. The van der Waals surface area contributed by atoms with Crippen molar-refractivity contribution in [3.63, 3.8) is 0 Å². The van der Waals surface area contributed by atoms with Crippen LogP contribution in [-0.4, -0.2) is 31.1 Å². The Labute approximate surface area is 97.4 Å². The summed E-state index contributed by atoms with van der Waals surface area (Å²) in [4.78, 5) is 2.47. The molecule has 0 saturated heterocycles. The normalized spacial score (nSPS) is 20.8. The van der Waals surface area contributed by atoms with Crippen molar-refractivity contribution in [2.75, 3.05) is 26.2 Å². The second-order valence-corrected chi connectivity index (χ2v) is 4.38. The molecule has 4 N–H and O–H groups in total. The monoisotopic (exact) mass is 219 g/mol. The molecule has 1 atom stereocenters. The van der Waals surface area contributed by atoms with Crippen LogP contribution < -0.4 is 11.5 Å². The van der Waals surface area contributed by atoms with Crippen LogP contribution in [0, 0.1) is 0 Å². The number of nitrogens with two attached hydrogens (primary N) is 2. The molecule has 3 heteroatoms. The van der Waals surface area contributed by atoms with Gasteiger partial charge in [-0.05, 0) is 30.5 Å². The maximum atomic E-state index is 5.91. The lowest BCUT2D eigenvalue weighted by atomic mass is 9.92. The third-order valence-electron chi connectivity index (χ3n) is 3.40. The first-order valence-electron chi connectivity index (χ1n) is 6.08. The zero-order valence-electron chi connectivity index (χ0n) is 9.73. The van der Waals surface area contributed by atoms with Crippen molar-refractivity contribution >= 4 is 0 Å². The number of benzene rings is 1. The molecular formula is C13H21N3. The Kier molecular flexibility index (Phi) is 3.93. The van der Waals surface area contributed by atoms with E-state index in [0.29, 0.717) is 12.6 Å². The van der Waals surface area contributed by atoms with Crippen molar-refractivity contribution < 1.29 is 0 Å². The number of hydrogen-bond donors (Lipinski definition) is 2. The van der Waals surface area contributed by atoms with Crippen molar-refractivity contribution in [1.29, 1.82) is 0 Å². The van der Waals surface area contributed by atoms with Gasteiger partial charge in [-0.2, -0.15) is 0 Å². The molecule has 16 heavy (non-hydrogen) atoms. The van der Waals surface area contributed by atoms with Gasteiger partial charge in [-0.3, -0.25) is 4.90 Å². The Morgan fingerprint density at radius 2 is 2.06 bits per heavy atom. The summed E-state index contributed by atoms with van der Waals surface area (Å²) < 4.78 is 0. The second-order valence-electron chi connectivity index (χ2n) is 4.38. The molecule has 1 aliphatic heterocycles. The van der Waals surface area contributed by atoms with Gasteiger partial charge in [0.1, 0.15) is 0 Å². The zero-order chi connectivity index (χ0) is 11.4. The molecule has 3 nitrogen and oxygen atoms in total. The largest absolute Gasteiger partial charge is 0.330 e. The third kappa shape index (κ3) is 2.26. The predicted molar refractivity (Wildman–Crippen MR) is 67.2 cm³/mol. The lowest BCUT2D eigenvalue weighted by molar-refractivity contribution is 0.188.